The molecule has 0 bridgehead atoms. The average Bonchev–Trinajstić information content (AvgIpc) is 2.45. The van der Waals surface area contributed by atoms with E-state index in [0.29, 0.717) is 5.92 Å². The van der Waals surface area contributed by atoms with Gasteiger partial charge in [-0.15, -0.1) is 0 Å². The molecule has 0 unspecified atom stereocenters. The molecule has 21 heavy (non-hydrogen) atoms. The highest BCUT2D eigenvalue weighted by Crippen LogP contribution is 2.25. The number of ether oxygens (including phenoxy) is 1. The molecular weight excluding hydrogens is 328 g/mol. The molecule has 0 aliphatic rings. The van der Waals surface area contributed by atoms with Gasteiger partial charge in [-0.1, -0.05) is 35.8 Å². The van der Waals surface area contributed by atoms with Crippen LogP contribution in [0.25, 0.3) is 0 Å². The van der Waals surface area contributed by atoms with Gasteiger partial charge in [0.2, 0.25) is 0 Å². The van der Waals surface area contributed by atoms with Crippen LogP contribution in [0.5, 0.6) is 0 Å². The molecule has 0 atom stereocenters. The molecule has 0 fully saturated rings. The lowest BCUT2D eigenvalue weighted by Crippen LogP contribution is -2.29. The predicted octanol–water partition coefficient (Wildman–Crippen LogP) is 4.06. The van der Waals surface area contributed by atoms with Crippen LogP contribution >= 0.6 is 15.9 Å². The van der Waals surface area contributed by atoms with Gasteiger partial charge in [0.25, 0.3) is 0 Å². The SMILES string of the molecule is CCOCCN(CC)c1cc(Br)ccc1CNCC(C)C. The molecule has 4 heteroatoms. The van der Waals surface area contributed by atoms with Gasteiger partial charge in [-0.05, 0) is 44.0 Å². The summed E-state index contributed by atoms with van der Waals surface area (Å²) >= 11 is 3.59. The topological polar surface area (TPSA) is 24.5 Å². The first-order valence-electron chi connectivity index (χ1n) is 7.90. The van der Waals surface area contributed by atoms with E-state index in [2.05, 4.69) is 65.1 Å². The van der Waals surface area contributed by atoms with Crippen molar-refractivity contribution < 1.29 is 4.74 Å². The van der Waals surface area contributed by atoms with Crippen LogP contribution in [0.2, 0.25) is 0 Å². The third-order valence-corrected chi connectivity index (χ3v) is 3.84. The zero-order chi connectivity index (χ0) is 15.7. The van der Waals surface area contributed by atoms with Gasteiger partial charge in [-0.3, -0.25) is 0 Å². The minimum absolute atomic E-state index is 0.670. The molecule has 1 aromatic carbocycles. The number of hydrogen-bond acceptors (Lipinski definition) is 3. The zero-order valence-electron chi connectivity index (χ0n) is 13.8. The number of benzene rings is 1. The Balaban J connectivity index is 2.78. The molecule has 0 aliphatic carbocycles. The van der Waals surface area contributed by atoms with Crippen LogP contribution in [0.4, 0.5) is 5.69 Å². The molecule has 3 nitrogen and oxygen atoms in total. The van der Waals surface area contributed by atoms with Crippen LogP contribution in [0.3, 0.4) is 0 Å². The van der Waals surface area contributed by atoms with Gasteiger partial charge in [0.05, 0.1) is 6.61 Å². The smallest absolute Gasteiger partial charge is 0.0641 e. The normalized spacial score (nSPS) is 11.1. The second kappa shape index (κ2) is 10.2. The van der Waals surface area contributed by atoms with Crippen molar-refractivity contribution in [1.29, 1.82) is 0 Å². The summed E-state index contributed by atoms with van der Waals surface area (Å²) in [6.07, 6.45) is 0. The van der Waals surface area contributed by atoms with Gasteiger partial charge in [0.15, 0.2) is 0 Å². The van der Waals surface area contributed by atoms with E-state index in [1.165, 1.54) is 11.3 Å². The van der Waals surface area contributed by atoms with Crippen LogP contribution in [-0.4, -0.2) is 32.8 Å². The van der Waals surface area contributed by atoms with Crippen LogP contribution in [0.15, 0.2) is 22.7 Å². The lowest BCUT2D eigenvalue weighted by molar-refractivity contribution is 0.154. The van der Waals surface area contributed by atoms with Crippen molar-refractivity contribution in [1.82, 2.24) is 5.32 Å². The molecular formula is C17H29BrN2O. The van der Waals surface area contributed by atoms with Crippen molar-refractivity contribution in [3.8, 4) is 0 Å². The Kier molecular flexibility index (Phi) is 8.97. The molecule has 120 valence electrons. The van der Waals surface area contributed by atoms with Crippen molar-refractivity contribution >= 4 is 21.6 Å². The standard InChI is InChI=1S/C17H29BrN2O/c1-5-20(9-10-21-6-2)17-11-16(18)8-7-15(17)13-19-12-14(3)4/h7-8,11,14,19H,5-6,9-10,12-13H2,1-4H3. The van der Waals surface area contributed by atoms with Crippen LogP contribution < -0.4 is 10.2 Å². The first kappa shape index (κ1) is 18.5. The minimum atomic E-state index is 0.670. The second-order valence-corrected chi connectivity index (χ2v) is 6.49. The van der Waals surface area contributed by atoms with Gasteiger partial charge < -0.3 is 15.0 Å². The van der Waals surface area contributed by atoms with Crippen LogP contribution in [-0.2, 0) is 11.3 Å². The van der Waals surface area contributed by atoms with Gasteiger partial charge in [0.1, 0.15) is 0 Å². The largest absolute Gasteiger partial charge is 0.380 e. The maximum atomic E-state index is 5.50. The van der Waals surface area contributed by atoms with Crippen molar-refractivity contribution in [3.05, 3.63) is 28.2 Å². The van der Waals surface area contributed by atoms with E-state index in [4.69, 9.17) is 4.74 Å². The molecule has 0 saturated heterocycles. The summed E-state index contributed by atoms with van der Waals surface area (Å²) in [6.45, 7) is 14.1. The monoisotopic (exact) mass is 356 g/mol. The van der Waals surface area contributed by atoms with Gasteiger partial charge in [0, 0.05) is 36.4 Å². The Morgan fingerprint density at radius 3 is 2.67 bits per heavy atom. The molecule has 1 rings (SSSR count). The Bertz CT molecular complexity index is 410. The summed E-state index contributed by atoms with van der Waals surface area (Å²) in [4.78, 5) is 2.38. The van der Waals surface area contributed by atoms with E-state index in [0.717, 1.165) is 43.9 Å². The Morgan fingerprint density at radius 2 is 2.05 bits per heavy atom. The van der Waals surface area contributed by atoms with Crippen molar-refractivity contribution in [2.75, 3.05) is 37.7 Å². The van der Waals surface area contributed by atoms with E-state index in [9.17, 15) is 0 Å². The lowest BCUT2D eigenvalue weighted by Gasteiger charge is -2.26. The van der Waals surface area contributed by atoms with Gasteiger partial charge in [-0.25, -0.2) is 0 Å². The fourth-order valence-corrected chi connectivity index (χ4v) is 2.59. The van der Waals surface area contributed by atoms with Crippen molar-refractivity contribution in [2.24, 2.45) is 5.92 Å². The second-order valence-electron chi connectivity index (χ2n) is 5.57. The summed E-state index contributed by atoms with van der Waals surface area (Å²) in [5.41, 5.74) is 2.64. The van der Waals surface area contributed by atoms with Crippen molar-refractivity contribution in [3.63, 3.8) is 0 Å². The maximum Gasteiger partial charge on any atom is 0.0641 e. The van der Waals surface area contributed by atoms with Crippen LogP contribution in [0.1, 0.15) is 33.3 Å². The minimum Gasteiger partial charge on any atom is -0.380 e. The molecule has 0 heterocycles. The fourth-order valence-electron chi connectivity index (χ4n) is 2.24. The molecule has 1 aromatic rings. The third kappa shape index (κ3) is 6.81. The molecule has 1 N–H and O–H groups in total. The highest BCUT2D eigenvalue weighted by molar-refractivity contribution is 9.10. The first-order chi connectivity index (χ1) is 10.1. The third-order valence-electron chi connectivity index (χ3n) is 3.35. The Hall–Kier alpha value is -0.580. The number of halogens is 1. The number of anilines is 1. The Morgan fingerprint density at radius 1 is 1.29 bits per heavy atom. The van der Waals surface area contributed by atoms with Gasteiger partial charge in [-0.2, -0.15) is 0 Å². The number of hydrogen-bond donors (Lipinski definition) is 1. The zero-order valence-corrected chi connectivity index (χ0v) is 15.4. The quantitative estimate of drug-likeness (QED) is 0.639. The van der Waals surface area contributed by atoms with E-state index in [1.807, 2.05) is 6.92 Å². The molecule has 0 saturated carbocycles. The molecule has 0 radical (unpaired) electrons. The fraction of sp³-hybridized carbons (Fsp3) is 0.647. The first-order valence-corrected chi connectivity index (χ1v) is 8.69. The average molecular weight is 357 g/mol. The summed E-state index contributed by atoms with van der Waals surface area (Å²) in [7, 11) is 0. The lowest BCUT2D eigenvalue weighted by atomic mass is 10.1. The predicted molar refractivity (Wildman–Crippen MR) is 95.1 cm³/mol. The van der Waals surface area contributed by atoms with E-state index >= 15 is 0 Å². The van der Waals surface area contributed by atoms with E-state index in [1.54, 1.807) is 0 Å². The van der Waals surface area contributed by atoms with E-state index in [-0.39, 0.29) is 0 Å². The summed E-state index contributed by atoms with van der Waals surface area (Å²) in [6, 6.07) is 6.53. The molecule has 0 amide bonds. The number of nitrogens with one attached hydrogen (secondary N) is 1. The summed E-state index contributed by atoms with van der Waals surface area (Å²) in [5, 5.41) is 3.53. The highest BCUT2D eigenvalue weighted by atomic mass is 79.9. The Labute approximate surface area is 138 Å². The number of nitrogens with zero attached hydrogens (tertiary/aromatic N) is 1. The van der Waals surface area contributed by atoms with E-state index < -0.39 is 0 Å². The molecule has 0 aromatic heterocycles. The van der Waals surface area contributed by atoms with Crippen molar-refractivity contribution in [2.45, 2.75) is 34.2 Å². The number of rotatable bonds is 10. The number of likely N-dealkylation sites (N-methyl/N-ethyl adjacent to an activating group) is 1. The molecule has 0 aliphatic heterocycles. The van der Waals surface area contributed by atoms with Crippen LogP contribution in [0, 0.1) is 5.92 Å². The highest BCUT2D eigenvalue weighted by Gasteiger charge is 2.10. The summed E-state index contributed by atoms with van der Waals surface area (Å²) < 4.78 is 6.63. The summed E-state index contributed by atoms with van der Waals surface area (Å²) in [5.74, 6) is 0.670. The molecule has 0 spiro atoms. The maximum absolute atomic E-state index is 5.50. The van der Waals surface area contributed by atoms with Gasteiger partial charge >= 0.3 is 0 Å².